The summed E-state index contributed by atoms with van der Waals surface area (Å²) in [4.78, 5) is 25.0. The van der Waals surface area contributed by atoms with Crippen molar-refractivity contribution in [2.75, 3.05) is 0 Å². The lowest BCUT2D eigenvalue weighted by Gasteiger charge is -2.60. The Balaban J connectivity index is 1.72. The molecule has 4 rings (SSSR count). The number of carbonyl (C=O) groups excluding carboxylic acids is 2. The van der Waals surface area contributed by atoms with E-state index in [-0.39, 0.29) is 27.6 Å². The van der Waals surface area contributed by atoms with Crippen molar-refractivity contribution < 1.29 is 14.3 Å². The highest BCUT2D eigenvalue weighted by Crippen LogP contribution is 2.68. The zero-order valence-electron chi connectivity index (χ0n) is 17.4. The number of carbonyl (C=O) groups is 2. The molecule has 0 N–H and O–H groups in total. The first-order valence-electron chi connectivity index (χ1n) is 10.7. The number of Topliss-reactive ketones (excluding diaryl/α,β-unsaturated/α-hetero) is 1. The van der Waals surface area contributed by atoms with E-state index in [1.54, 1.807) is 13.8 Å². The van der Waals surface area contributed by atoms with E-state index in [9.17, 15) is 9.59 Å². The molecule has 0 heterocycles. The summed E-state index contributed by atoms with van der Waals surface area (Å²) in [7, 11) is 0. The summed E-state index contributed by atoms with van der Waals surface area (Å²) in [5.41, 5.74) is 0.363. The molecule has 0 aromatic carbocycles. The van der Waals surface area contributed by atoms with Crippen LogP contribution in [0.25, 0.3) is 0 Å². The summed E-state index contributed by atoms with van der Waals surface area (Å²) in [5, 5.41) is 0.567. The van der Waals surface area contributed by atoms with Crippen LogP contribution in [0.5, 0.6) is 0 Å². The number of ketones is 2. The van der Waals surface area contributed by atoms with E-state index in [4.69, 9.17) is 29.6 Å². The van der Waals surface area contributed by atoms with E-state index in [2.05, 4.69) is 13.8 Å². The van der Waals surface area contributed by atoms with E-state index in [1.807, 2.05) is 6.08 Å². The maximum absolute atomic E-state index is 12.9. The van der Waals surface area contributed by atoms with Crippen molar-refractivity contribution in [1.82, 2.24) is 0 Å². The van der Waals surface area contributed by atoms with Crippen LogP contribution < -0.4 is 0 Å². The smallest absolute Gasteiger partial charge is 0.173 e. The number of rotatable bonds is 2. The minimum absolute atomic E-state index is 0.0103. The standard InChI is InChI=1S/C23H32O3S2/c1-13(24)23(26-14(2)27)10-8-18-17-6-5-15-11-16(25)12-20(28)22(15,4)19(17)7-9-21(18,23)3/h11,17-20,28H,5-10,12H2,1-4H3/t17?,18?,19?,20-,21-,22-,23+/m0/s1. The van der Waals surface area contributed by atoms with Gasteiger partial charge in [-0.15, -0.1) is 0 Å². The Kier molecular flexibility index (Phi) is 4.90. The number of thiol groups is 1. The Morgan fingerprint density at radius 1 is 1.18 bits per heavy atom. The predicted octanol–water partition coefficient (Wildman–Crippen LogP) is 5.12. The largest absolute Gasteiger partial charge is 0.473 e. The van der Waals surface area contributed by atoms with Gasteiger partial charge in [-0.3, -0.25) is 9.59 Å². The van der Waals surface area contributed by atoms with Gasteiger partial charge in [0, 0.05) is 29.4 Å². The topological polar surface area (TPSA) is 43.4 Å². The number of allylic oxidation sites excluding steroid dienone is 1. The van der Waals surface area contributed by atoms with Crippen LogP contribution in [0.1, 0.15) is 72.6 Å². The van der Waals surface area contributed by atoms with Crippen molar-refractivity contribution in [2.24, 2.45) is 28.6 Å². The molecule has 4 aliphatic rings. The minimum Gasteiger partial charge on any atom is -0.473 e. The van der Waals surface area contributed by atoms with Gasteiger partial charge < -0.3 is 4.74 Å². The number of thiocarbonyl (C=S) groups is 1. The maximum atomic E-state index is 12.9. The molecule has 5 heteroatoms. The van der Waals surface area contributed by atoms with Gasteiger partial charge in [0.25, 0.3) is 0 Å². The molecule has 0 aromatic rings. The van der Waals surface area contributed by atoms with Crippen molar-refractivity contribution in [2.45, 2.75) is 83.5 Å². The van der Waals surface area contributed by atoms with E-state index >= 15 is 0 Å². The van der Waals surface area contributed by atoms with E-state index in [0.717, 1.165) is 38.5 Å². The Morgan fingerprint density at radius 3 is 2.50 bits per heavy atom. The van der Waals surface area contributed by atoms with Gasteiger partial charge >= 0.3 is 0 Å². The Morgan fingerprint density at radius 2 is 1.86 bits per heavy atom. The predicted molar refractivity (Wildman–Crippen MR) is 118 cm³/mol. The first-order chi connectivity index (χ1) is 13.1. The summed E-state index contributed by atoms with van der Waals surface area (Å²) >= 11 is 10.2. The van der Waals surface area contributed by atoms with E-state index < -0.39 is 5.60 Å². The second-order valence-electron chi connectivity index (χ2n) is 10.0. The molecule has 3 saturated carbocycles. The summed E-state index contributed by atoms with van der Waals surface area (Å²) in [6.07, 6.45) is 8.36. The third-order valence-corrected chi connectivity index (χ3v) is 9.88. The molecule has 154 valence electrons. The highest BCUT2D eigenvalue weighted by Gasteiger charge is 2.68. The van der Waals surface area contributed by atoms with Crippen LogP contribution in [0.2, 0.25) is 0 Å². The first kappa shape index (κ1) is 20.6. The Labute approximate surface area is 179 Å². The fraction of sp³-hybridized carbons (Fsp3) is 0.783. The lowest BCUT2D eigenvalue weighted by molar-refractivity contribution is -0.156. The van der Waals surface area contributed by atoms with Gasteiger partial charge in [-0.25, -0.2) is 0 Å². The lowest BCUT2D eigenvalue weighted by atomic mass is 9.46. The third kappa shape index (κ3) is 2.57. The highest BCUT2D eigenvalue weighted by atomic mass is 32.1. The molecule has 3 nitrogen and oxygen atoms in total. The molecule has 3 fully saturated rings. The van der Waals surface area contributed by atoms with Crippen molar-refractivity contribution in [3.05, 3.63) is 11.6 Å². The molecule has 0 bridgehead atoms. The van der Waals surface area contributed by atoms with E-state index in [1.165, 1.54) is 5.57 Å². The van der Waals surface area contributed by atoms with Crippen LogP contribution in [-0.2, 0) is 14.3 Å². The van der Waals surface area contributed by atoms with Crippen LogP contribution in [0, 0.1) is 28.6 Å². The monoisotopic (exact) mass is 420 g/mol. The maximum Gasteiger partial charge on any atom is 0.173 e. The van der Waals surface area contributed by atoms with Crippen LogP contribution in [0.4, 0.5) is 0 Å². The number of hydrogen-bond donors (Lipinski definition) is 1. The van der Waals surface area contributed by atoms with Crippen LogP contribution >= 0.6 is 24.8 Å². The normalized spacial score (nSPS) is 47.5. The molecule has 0 aliphatic heterocycles. The molecule has 0 saturated heterocycles. The molecule has 4 aliphatic carbocycles. The van der Waals surface area contributed by atoms with Crippen molar-refractivity contribution >= 4 is 41.5 Å². The molecule has 0 spiro atoms. The van der Waals surface area contributed by atoms with Gasteiger partial charge in [-0.05, 0) is 81.5 Å². The van der Waals surface area contributed by atoms with Crippen molar-refractivity contribution in [1.29, 1.82) is 0 Å². The second-order valence-corrected chi connectivity index (χ2v) is 11.2. The number of ether oxygens (including phenoxy) is 1. The fourth-order valence-corrected chi connectivity index (χ4v) is 8.35. The molecule has 3 unspecified atom stereocenters. The average Bonchev–Trinajstić information content (AvgIpc) is 2.89. The summed E-state index contributed by atoms with van der Waals surface area (Å²) < 4.78 is 6.19. The minimum atomic E-state index is -0.769. The van der Waals surface area contributed by atoms with Gasteiger partial charge in [0.2, 0.25) is 0 Å². The van der Waals surface area contributed by atoms with Crippen LogP contribution in [-0.4, -0.2) is 27.5 Å². The molecular formula is C23H32O3S2. The van der Waals surface area contributed by atoms with Gasteiger partial charge in [-0.1, -0.05) is 19.4 Å². The van der Waals surface area contributed by atoms with Crippen LogP contribution in [0.3, 0.4) is 0 Å². The van der Waals surface area contributed by atoms with Crippen molar-refractivity contribution in [3.63, 3.8) is 0 Å². The molecule has 7 atom stereocenters. The summed E-state index contributed by atoms with van der Waals surface area (Å²) in [6.45, 7) is 8.08. The molecule has 28 heavy (non-hydrogen) atoms. The fourth-order valence-electron chi connectivity index (χ4n) is 7.67. The molecular weight excluding hydrogens is 388 g/mol. The summed E-state index contributed by atoms with van der Waals surface area (Å²) in [5.74, 6) is 1.89. The highest BCUT2D eigenvalue weighted by molar-refractivity contribution is 7.81. The van der Waals surface area contributed by atoms with Gasteiger partial charge in [0.05, 0.1) is 0 Å². The Bertz CT molecular complexity index is 774. The van der Waals surface area contributed by atoms with Gasteiger partial charge in [0.15, 0.2) is 22.2 Å². The molecule has 0 amide bonds. The van der Waals surface area contributed by atoms with Gasteiger partial charge in [-0.2, -0.15) is 12.6 Å². The second kappa shape index (κ2) is 6.66. The van der Waals surface area contributed by atoms with E-state index in [0.29, 0.717) is 29.2 Å². The molecule has 0 aromatic heterocycles. The first-order valence-corrected chi connectivity index (χ1v) is 11.6. The van der Waals surface area contributed by atoms with Crippen molar-refractivity contribution in [3.8, 4) is 0 Å². The van der Waals surface area contributed by atoms with Crippen LogP contribution in [0.15, 0.2) is 11.6 Å². The SMILES string of the molecule is CC(=O)[C@]1(OC(C)=S)CCC2C3CCC4=CC(=O)C[C@H](S)[C@]4(C)C3CC[C@@]21C. The lowest BCUT2D eigenvalue weighted by Crippen LogP contribution is -2.59. The third-order valence-electron chi connectivity index (χ3n) is 9.07. The Hall–Kier alpha value is -0.680. The zero-order chi connectivity index (χ0) is 20.5. The average molecular weight is 421 g/mol. The molecule has 0 radical (unpaired) electrons. The zero-order valence-corrected chi connectivity index (χ0v) is 19.1. The number of fused-ring (bicyclic) bond motifs is 5. The quantitative estimate of drug-likeness (QED) is 0.497. The number of hydrogen-bond acceptors (Lipinski definition) is 5. The summed E-state index contributed by atoms with van der Waals surface area (Å²) in [6, 6.07) is 0. The van der Waals surface area contributed by atoms with Gasteiger partial charge in [0.1, 0.15) is 0 Å².